The fourth-order valence-corrected chi connectivity index (χ4v) is 6.20. The van der Waals surface area contributed by atoms with Gasteiger partial charge in [0.1, 0.15) is 23.5 Å². The number of rotatable bonds is 11. The number of aromatic nitrogens is 4. The molecule has 46 heavy (non-hydrogen) atoms. The highest BCUT2D eigenvalue weighted by molar-refractivity contribution is 6.03. The van der Waals surface area contributed by atoms with Gasteiger partial charge >= 0.3 is 0 Å². The van der Waals surface area contributed by atoms with E-state index in [1.807, 2.05) is 61.5 Å². The Balaban J connectivity index is 1.05. The lowest BCUT2D eigenvalue weighted by atomic mass is 9.92. The lowest BCUT2D eigenvalue weighted by Gasteiger charge is -2.32. The number of benzene rings is 1. The first-order chi connectivity index (χ1) is 22.4. The van der Waals surface area contributed by atoms with Crippen LogP contribution in [-0.4, -0.2) is 101 Å². The number of carbonyl (C=O) groups excluding carboxylic acids is 2. The molecule has 0 spiro atoms. The number of carbonyl (C=O) groups is 2. The Morgan fingerprint density at radius 3 is 2.70 bits per heavy atom. The van der Waals surface area contributed by atoms with Crippen LogP contribution in [0.5, 0.6) is 0 Å². The summed E-state index contributed by atoms with van der Waals surface area (Å²) < 4.78 is 5.50. The number of aromatic amines is 1. The summed E-state index contributed by atoms with van der Waals surface area (Å²) in [5.74, 6) is 1.20. The van der Waals surface area contributed by atoms with Gasteiger partial charge in [-0.05, 0) is 86.9 Å². The van der Waals surface area contributed by atoms with Crippen LogP contribution in [0.1, 0.15) is 35.3 Å². The lowest BCUT2D eigenvalue weighted by molar-refractivity contribution is -0.115. The van der Waals surface area contributed by atoms with Crippen LogP contribution in [-0.2, 0) is 16.1 Å². The molecule has 5 heterocycles. The molecule has 1 amide bonds. The number of ketones is 1. The fourth-order valence-electron chi connectivity index (χ4n) is 6.20. The number of nitrogens with zero attached hydrogens (tertiary/aromatic N) is 6. The molecule has 2 aliphatic heterocycles. The van der Waals surface area contributed by atoms with Gasteiger partial charge in [-0.2, -0.15) is 0 Å². The molecule has 11 nitrogen and oxygen atoms in total. The van der Waals surface area contributed by atoms with Crippen molar-refractivity contribution in [3.05, 3.63) is 78.4 Å². The summed E-state index contributed by atoms with van der Waals surface area (Å²) in [6.45, 7) is 6.33. The lowest BCUT2D eigenvalue weighted by Crippen LogP contribution is -2.36. The molecule has 2 fully saturated rings. The number of morpholine rings is 1. The van der Waals surface area contributed by atoms with Crippen LogP contribution >= 0.6 is 0 Å². The van der Waals surface area contributed by atoms with Gasteiger partial charge in [0.2, 0.25) is 0 Å². The third-order valence-electron chi connectivity index (χ3n) is 8.50. The molecule has 0 radical (unpaired) electrons. The van der Waals surface area contributed by atoms with Crippen LogP contribution < -0.4 is 10.2 Å². The Labute approximate surface area is 269 Å². The number of hydrogen-bond acceptors (Lipinski definition) is 9. The number of piperidine rings is 1. The van der Waals surface area contributed by atoms with Crippen molar-refractivity contribution < 1.29 is 14.3 Å². The van der Waals surface area contributed by atoms with Crippen LogP contribution in [0, 0.1) is 5.92 Å². The Bertz CT molecular complexity index is 1680. The van der Waals surface area contributed by atoms with E-state index in [1.165, 1.54) is 0 Å². The Morgan fingerprint density at radius 2 is 1.89 bits per heavy atom. The van der Waals surface area contributed by atoms with Crippen molar-refractivity contribution >= 4 is 34.2 Å². The van der Waals surface area contributed by atoms with E-state index in [0.29, 0.717) is 36.9 Å². The quantitative estimate of drug-likeness (QED) is 0.235. The van der Waals surface area contributed by atoms with Gasteiger partial charge < -0.3 is 24.8 Å². The van der Waals surface area contributed by atoms with Crippen molar-refractivity contribution in [2.75, 3.05) is 70.2 Å². The second-order valence-electron chi connectivity index (χ2n) is 12.4. The van der Waals surface area contributed by atoms with Crippen molar-refractivity contribution in [1.29, 1.82) is 0 Å². The smallest absolute Gasteiger partial charge is 0.274 e. The monoisotopic (exact) mass is 622 g/mol. The van der Waals surface area contributed by atoms with Crippen LogP contribution in [0.4, 0.5) is 11.5 Å². The highest BCUT2D eigenvalue weighted by Gasteiger charge is 2.22. The number of fused-ring (bicyclic) bond motifs is 1. The zero-order valence-electron chi connectivity index (χ0n) is 26.6. The first kappa shape index (κ1) is 31.5. The summed E-state index contributed by atoms with van der Waals surface area (Å²) in [4.78, 5) is 49.0. The molecule has 11 heteroatoms. The number of anilines is 2. The minimum absolute atomic E-state index is 0.193. The maximum Gasteiger partial charge on any atom is 0.274 e. The molecular weight excluding hydrogens is 580 g/mol. The number of amides is 1. The predicted molar refractivity (Wildman–Crippen MR) is 180 cm³/mol. The SMILES string of the molecule is CN(C)C/C=C/C(=O)C[C@@H]1CCCN(Cc2ccnc(C(=O)Nc3ccc(-c4cc5c(N6CCOCC6)ncnc5[nH]4)cc3)c2)C1. The van der Waals surface area contributed by atoms with Crippen molar-refractivity contribution in [2.24, 2.45) is 5.92 Å². The molecule has 2 N–H and O–H groups in total. The van der Waals surface area contributed by atoms with Gasteiger partial charge in [0.05, 0.1) is 18.6 Å². The number of likely N-dealkylation sites (tertiary alicyclic amines) is 1. The molecular formula is C35H42N8O3. The maximum atomic E-state index is 13.2. The number of pyridine rings is 1. The van der Waals surface area contributed by atoms with Gasteiger partial charge in [-0.1, -0.05) is 18.2 Å². The summed E-state index contributed by atoms with van der Waals surface area (Å²) in [7, 11) is 3.98. The molecule has 3 aromatic heterocycles. The van der Waals surface area contributed by atoms with Gasteiger partial charge in [-0.15, -0.1) is 0 Å². The average Bonchev–Trinajstić information content (AvgIpc) is 3.50. The molecule has 6 rings (SSSR count). The van der Waals surface area contributed by atoms with Gasteiger partial charge in [-0.3, -0.25) is 19.5 Å². The average molecular weight is 623 g/mol. The highest BCUT2D eigenvalue weighted by atomic mass is 16.5. The van der Waals surface area contributed by atoms with E-state index in [4.69, 9.17) is 4.74 Å². The Hall–Kier alpha value is -4.45. The van der Waals surface area contributed by atoms with E-state index in [9.17, 15) is 9.59 Å². The minimum atomic E-state index is -0.253. The van der Waals surface area contributed by atoms with Crippen LogP contribution in [0.2, 0.25) is 0 Å². The number of nitrogens with one attached hydrogen (secondary N) is 2. The molecule has 1 atom stereocenters. The Kier molecular flexibility index (Phi) is 10.1. The summed E-state index contributed by atoms with van der Waals surface area (Å²) in [6, 6.07) is 13.6. The number of likely N-dealkylation sites (N-methyl/N-ethyl adjacent to an activating group) is 1. The van der Waals surface area contributed by atoms with Crippen molar-refractivity contribution in [3.63, 3.8) is 0 Å². The second kappa shape index (κ2) is 14.8. The summed E-state index contributed by atoms with van der Waals surface area (Å²) in [5, 5.41) is 3.96. The third-order valence-corrected chi connectivity index (χ3v) is 8.50. The summed E-state index contributed by atoms with van der Waals surface area (Å²) in [6.07, 6.45) is 9.64. The van der Waals surface area contributed by atoms with Crippen molar-refractivity contribution in [2.45, 2.75) is 25.8 Å². The van der Waals surface area contributed by atoms with Gasteiger partial charge in [0.25, 0.3) is 5.91 Å². The first-order valence-electron chi connectivity index (χ1n) is 16.0. The number of hydrogen-bond donors (Lipinski definition) is 2. The molecule has 0 unspecified atom stereocenters. The third kappa shape index (κ3) is 8.03. The van der Waals surface area contributed by atoms with E-state index in [0.717, 1.165) is 85.8 Å². The highest BCUT2D eigenvalue weighted by Crippen LogP contribution is 2.30. The molecule has 0 saturated carbocycles. The van der Waals surface area contributed by atoms with E-state index in [1.54, 1.807) is 18.6 Å². The zero-order valence-corrected chi connectivity index (χ0v) is 26.6. The topological polar surface area (TPSA) is 120 Å². The zero-order chi connectivity index (χ0) is 31.9. The number of H-pyrrole nitrogens is 1. The standard InChI is InChI=1S/C35H42N8O3/c1-41(2)13-4-6-29(44)19-25-5-3-14-42(22-25)23-26-11-12-36-32(20-26)35(45)39-28-9-7-27(8-10-28)31-21-30-33(40-31)37-24-38-34(30)43-15-17-46-18-16-43/h4,6-12,20-21,24-25H,3,5,13-19,22-23H2,1-2H3,(H,39,45)(H,37,38,40)/b6-4+/t25-/m0/s1. The van der Waals surface area contributed by atoms with E-state index in [2.05, 4.69) is 41.1 Å². The van der Waals surface area contributed by atoms with Gasteiger partial charge in [0.15, 0.2) is 5.78 Å². The summed E-state index contributed by atoms with van der Waals surface area (Å²) in [5.41, 5.74) is 4.80. The molecule has 0 bridgehead atoms. The maximum absolute atomic E-state index is 13.2. The normalized spacial score (nSPS) is 17.6. The molecule has 2 aliphatic rings. The van der Waals surface area contributed by atoms with Gasteiger partial charge in [0, 0.05) is 56.7 Å². The van der Waals surface area contributed by atoms with Crippen molar-refractivity contribution in [1.82, 2.24) is 29.7 Å². The molecule has 4 aromatic rings. The van der Waals surface area contributed by atoms with Crippen LogP contribution in [0.3, 0.4) is 0 Å². The van der Waals surface area contributed by atoms with Crippen molar-refractivity contribution in [3.8, 4) is 11.3 Å². The molecule has 2 saturated heterocycles. The predicted octanol–water partition coefficient (Wildman–Crippen LogP) is 4.40. The van der Waals surface area contributed by atoms with E-state index in [-0.39, 0.29) is 11.7 Å². The number of ether oxygens (including phenoxy) is 1. The summed E-state index contributed by atoms with van der Waals surface area (Å²) >= 11 is 0. The number of allylic oxidation sites excluding steroid dienone is 1. The van der Waals surface area contributed by atoms with Crippen LogP contribution in [0.25, 0.3) is 22.3 Å². The Morgan fingerprint density at radius 1 is 1.07 bits per heavy atom. The van der Waals surface area contributed by atoms with E-state index < -0.39 is 0 Å². The minimum Gasteiger partial charge on any atom is -0.378 e. The molecule has 240 valence electrons. The molecule has 1 aromatic carbocycles. The fraction of sp³-hybridized carbons (Fsp3) is 0.400. The second-order valence-corrected chi connectivity index (χ2v) is 12.4. The van der Waals surface area contributed by atoms with Crippen LogP contribution in [0.15, 0.2) is 67.1 Å². The molecule has 0 aliphatic carbocycles. The first-order valence-corrected chi connectivity index (χ1v) is 16.0. The van der Waals surface area contributed by atoms with Gasteiger partial charge in [-0.25, -0.2) is 9.97 Å². The largest absolute Gasteiger partial charge is 0.378 e. The van der Waals surface area contributed by atoms with E-state index >= 15 is 0 Å².